The number of carbonyl (C=O) groups is 1. The number of methoxy groups -OCH3 is 1. The summed E-state index contributed by atoms with van der Waals surface area (Å²) in [6, 6.07) is 0. The number of nitrogens with zero attached hydrogens (tertiary/aromatic N) is 4. The summed E-state index contributed by atoms with van der Waals surface area (Å²) >= 11 is 0. The lowest BCUT2D eigenvalue weighted by molar-refractivity contribution is 0.0753. The topological polar surface area (TPSA) is 76.6 Å². The molecule has 1 aromatic heterocycles. The van der Waals surface area contributed by atoms with Crippen LogP contribution < -0.4 is 5.73 Å². The van der Waals surface area contributed by atoms with E-state index in [2.05, 4.69) is 10.00 Å². The fraction of sp³-hybridized carbons (Fsp3) is 0.692. The van der Waals surface area contributed by atoms with Crippen LogP contribution in [0.15, 0.2) is 6.20 Å². The number of hydrogen-bond acceptors (Lipinski definition) is 5. The van der Waals surface area contributed by atoms with Crippen LogP contribution in [0.25, 0.3) is 0 Å². The van der Waals surface area contributed by atoms with E-state index in [1.807, 2.05) is 4.90 Å². The summed E-state index contributed by atoms with van der Waals surface area (Å²) < 4.78 is 6.67. The molecule has 0 radical (unpaired) electrons. The first-order chi connectivity index (χ1) is 9.61. The monoisotopic (exact) mass is 281 g/mol. The number of anilines is 1. The second-order valence-corrected chi connectivity index (χ2v) is 5.09. The number of nitrogen functional groups attached to an aromatic ring is 1. The standard InChI is InChI=1S/C13H23N5O2/c1-16-10-11(14)12(15-16)13(19)18-5-3-4-17(6-7-18)8-9-20-2/h10H,3-9,14H2,1-2H3. The fourth-order valence-corrected chi connectivity index (χ4v) is 2.44. The smallest absolute Gasteiger partial charge is 0.276 e. The van der Waals surface area contributed by atoms with Gasteiger partial charge in [0.05, 0.1) is 12.3 Å². The summed E-state index contributed by atoms with van der Waals surface area (Å²) in [5, 5.41) is 4.15. The van der Waals surface area contributed by atoms with Gasteiger partial charge in [0.25, 0.3) is 5.91 Å². The van der Waals surface area contributed by atoms with Crippen molar-refractivity contribution in [1.82, 2.24) is 19.6 Å². The normalized spacial score (nSPS) is 17.2. The van der Waals surface area contributed by atoms with E-state index in [1.54, 1.807) is 25.0 Å². The Morgan fingerprint density at radius 3 is 2.85 bits per heavy atom. The Bertz CT molecular complexity index is 460. The lowest BCUT2D eigenvalue weighted by atomic mass is 10.3. The summed E-state index contributed by atoms with van der Waals surface area (Å²) in [6.07, 6.45) is 2.62. The van der Waals surface area contributed by atoms with Crippen LogP contribution in [0.1, 0.15) is 16.9 Å². The Kier molecular flexibility index (Phi) is 4.97. The molecule has 0 spiro atoms. The summed E-state index contributed by atoms with van der Waals surface area (Å²) in [5.74, 6) is -0.0725. The van der Waals surface area contributed by atoms with Gasteiger partial charge in [-0.15, -0.1) is 0 Å². The number of carbonyl (C=O) groups excluding carboxylic acids is 1. The van der Waals surface area contributed by atoms with Crippen LogP contribution in [-0.2, 0) is 11.8 Å². The van der Waals surface area contributed by atoms with E-state index in [4.69, 9.17) is 10.5 Å². The zero-order chi connectivity index (χ0) is 14.5. The Morgan fingerprint density at radius 1 is 1.40 bits per heavy atom. The summed E-state index contributed by atoms with van der Waals surface area (Å²) in [6.45, 7) is 4.94. The third-order valence-electron chi connectivity index (χ3n) is 3.55. The van der Waals surface area contributed by atoms with Crippen molar-refractivity contribution in [2.45, 2.75) is 6.42 Å². The molecule has 2 N–H and O–H groups in total. The minimum Gasteiger partial charge on any atom is -0.396 e. The SMILES string of the molecule is COCCN1CCCN(C(=O)c2nn(C)cc2N)CC1. The second-order valence-electron chi connectivity index (χ2n) is 5.09. The minimum absolute atomic E-state index is 0.0725. The molecular weight excluding hydrogens is 258 g/mol. The van der Waals surface area contributed by atoms with Crippen molar-refractivity contribution in [1.29, 1.82) is 0 Å². The lowest BCUT2D eigenvalue weighted by Crippen LogP contribution is -2.36. The van der Waals surface area contributed by atoms with Crippen LogP contribution in [0.5, 0.6) is 0 Å². The average molecular weight is 281 g/mol. The van der Waals surface area contributed by atoms with Crippen molar-refractivity contribution in [2.24, 2.45) is 7.05 Å². The number of ether oxygens (including phenoxy) is 1. The Hall–Kier alpha value is -1.60. The van der Waals surface area contributed by atoms with Gasteiger partial charge in [-0.3, -0.25) is 14.4 Å². The van der Waals surface area contributed by atoms with E-state index in [0.29, 0.717) is 17.9 Å². The molecule has 1 aliphatic rings. The summed E-state index contributed by atoms with van der Waals surface area (Å²) in [5.41, 5.74) is 6.62. The van der Waals surface area contributed by atoms with Crippen LogP contribution in [0.3, 0.4) is 0 Å². The molecule has 7 heteroatoms. The van der Waals surface area contributed by atoms with E-state index in [0.717, 1.165) is 39.2 Å². The highest BCUT2D eigenvalue weighted by atomic mass is 16.5. The minimum atomic E-state index is -0.0725. The first kappa shape index (κ1) is 14.8. The molecule has 0 saturated carbocycles. The molecule has 1 aromatic rings. The zero-order valence-corrected chi connectivity index (χ0v) is 12.2. The third-order valence-corrected chi connectivity index (χ3v) is 3.55. The van der Waals surface area contributed by atoms with Crippen molar-refractivity contribution in [3.63, 3.8) is 0 Å². The summed E-state index contributed by atoms with van der Waals surface area (Å²) in [4.78, 5) is 16.6. The number of nitrogens with two attached hydrogens (primary N) is 1. The Morgan fingerprint density at radius 2 is 2.20 bits per heavy atom. The van der Waals surface area contributed by atoms with E-state index in [1.165, 1.54) is 0 Å². The Balaban J connectivity index is 1.96. The number of amides is 1. The first-order valence-corrected chi connectivity index (χ1v) is 6.91. The highest BCUT2D eigenvalue weighted by molar-refractivity contribution is 5.97. The maximum absolute atomic E-state index is 12.4. The highest BCUT2D eigenvalue weighted by Crippen LogP contribution is 2.13. The van der Waals surface area contributed by atoms with E-state index in [-0.39, 0.29) is 5.91 Å². The van der Waals surface area contributed by atoms with Crippen molar-refractivity contribution >= 4 is 11.6 Å². The Labute approximate surface area is 119 Å². The van der Waals surface area contributed by atoms with Gasteiger partial charge in [-0.2, -0.15) is 5.10 Å². The van der Waals surface area contributed by atoms with Crippen LogP contribution in [0, 0.1) is 0 Å². The number of hydrogen-bond donors (Lipinski definition) is 1. The average Bonchev–Trinajstić information content (AvgIpc) is 2.65. The molecule has 0 bridgehead atoms. The molecule has 0 atom stereocenters. The van der Waals surface area contributed by atoms with Gasteiger partial charge in [0.2, 0.25) is 0 Å². The molecule has 1 aliphatic heterocycles. The molecule has 1 fully saturated rings. The lowest BCUT2D eigenvalue weighted by Gasteiger charge is -2.21. The maximum Gasteiger partial charge on any atom is 0.276 e. The van der Waals surface area contributed by atoms with Crippen molar-refractivity contribution in [3.8, 4) is 0 Å². The molecule has 7 nitrogen and oxygen atoms in total. The van der Waals surface area contributed by atoms with Gasteiger partial charge in [0.1, 0.15) is 0 Å². The quantitative estimate of drug-likeness (QED) is 0.827. The highest BCUT2D eigenvalue weighted by Gasteiger charge is 2.23. The second kappa shape index (κ2) is 6.71. The molecular formula is C13H23N5O2. The molecule has 1 amide bonds. The molecule has 2 heterocycles. The van der Waals surface area contributed by atoms with E-state index >= 15 is 0 Å². The number of aryl methyl sites for hydroxylation is 1. The third kappa shape index (κ3) is 3.49. The van der Waals surface area contributed by atoms with Gasteiger partial charge >= 0.3 is 0 Å². The van der Waals surface area contributed by atoms with Crippen LogP contribution >= 0.6 is 0 Å². The maximum atomic E-state index is 12.4. The molecule has 0 aromatic carbocycles. The van der Waals surface area contributed by atoms with Crippen molar-refractivity contribution in [2.75, 3.05) is 52.2 Å². The molecule has 112 valence electrons. The largest absolute Gasteiger partial charge is 0.396 e. The van der Waals surface area contributed by atoms with Crippen molar-refractivity contribution < 1.29 is 9.53 Å². The van der Waals surface area contributed by atoms with E-state index in [9.17, 15) is 4.79 Å². The van der Waals surface area contributed by atoms with Gasteiger partial charge in [-0.1, -0.05) is 0 Å². The number of rotatable bonds is 4. The predicted molar refractivity (Wildman–Crippen MR) is 76.5 cm³/mol. The van der Waals surface area contributed by atoms with Crippen molar-refractivity contribution in [3.05, 3.63) is 11.9 Å². The predicted octanol–water partition coefficient (Wildman–Crippen LogP) is -0.203. The van der Waals surface area contributed by atoms with Gasteiger partial charge in [0, 0.05) is 46.5 Å². The molecule has 20 heavy (non-hydrogen) atoms. The van der Waals surface area contributed by atoms with Gasteiger partial charge < -0.3 is 15.4 Å². The number of aromatic nitrogens is 2. The first-order valence-electron chi connectivity index (χ1n) is 6.91. The van der Waals surface area contributed by atoms with Crippen LogP contribution in [-0.4, -0.2) is 71.9 Å². The molecule has 1 saturated heterocycles. The molecule has 0 aliphatic carbocycles. The molecule has 2 rings (SSSR count). The summed E-state index contributed by atoms with van der Waals surface area (Å²) in [7, 11) is 3.47. The fourth-order valence-electron chi connectivity index (χ4n) is 2.44. The van der Waals surface area contributed by atoms with Crippen LogP contribution in [0.4, 0.5) is 5.69 Å². The van der Waals surface area contributed by atoms with Gasteiger partial charge in [0.15, 0.2) is 5.69 Å². The van der Waals surface area contributed by atoms with E-state index < -0.39 is 0 Å². The van der Waals surface area contributed by atoms with Gasteiger partial charge in [-0.25, -0.2) is 0 Å². The molecule has 0 unspecified atom stereocenters. The zero-order valence-electron chi connectivity index (χ0n) is 12.2. The van der Waals surface area contributed by atoms with Crippen LogP contribution in [0.2, 0.25) is 0 Å². The van der Waals surface area contributed by atoms with Gasteiger partial charge in [-0.05, 0) is 13.0 Å².